The lowest BCUT2D eigenvalue weighted by Gasteiger charge is -2.08. The number of furan rings is 1. The zero-order chi connectivity index (χ0) is 15.5. The highest BCUT2D eigenvalue weighted by Crippen LogP contribution is 2.23. The SMILES string of the molecule is O=C(O)c1ccc(Br)c(S(=O)(=O)NCCc2ccco2)c1. The van der Waals surface area contributed by atoms with Crippen molar-refractivity contribution >= 4 is 31.9 Å². The van der Waals surface area contributed by atoms with Crippen LogP contribution in [0.25, 0.3) is 0 Å². The van der Waals surface area contributed by atoms with Crippen molar-refractivity contribution in [1.29, 1.82) is 0 Å². The van der Waals surface area contributed by atoms with Crippen molar-refractivity contribution in [1.82, 2.24) is 4.72 Å². The largest absolute Gasteiger partial charge is 0.478 e. The zero-order valence-corrected chi connectivity index (χ0v) is 13.1. The minimum Gasteiger partial charge on any atom is -0.478 e. The highest BCUT2D eigenvalue weighted by Gasteiger charge is 2.19. The number of aromatic carboxylic acids is 1. The fraction of sp³-hybridized carbons (Fsp3) is 0.154. The molecule has 1 aromatic heterocycles. The van der Waals surface area contributed by atoms with Gasteiger partial charge in [0.05, 0.1) is 16.7 Å². The smallest absolute Gasteiger partial charge is 0.335 e. The van der Waals surface area contributed by atoms with E-state index in [4.69, 9.17) is 9.52 Å². The number of nitrogens with one attached hydrogen (secondary N) is 1. The third-order valence-electron chi connectivity index (χ3n) is 2.71. The molecular weight excluding hydrogens is 362 g/mol. The van der Waals surface area contributed by atoms with Crippen LogP contribution in [0.15, 0.2) is 50.4 Å². The summed E-state index contributed by atoms with van der Waals surface area (Å²) >= 11 is 3.12. The number of benzene rings is 1. The first-order valence-electron chi connectivity index (χ1n) is 5.95. The second-order valence-corrected chi connectivity index (χ2v) is 6.77. The lowest BCUT2D eigenvalue weighted by atomic mass is 10.2. The van der Waals surface area contributed by atoms with E-state index in [-0.39, 0.29) is 17.0 Å². The van der Waals surface area contributed by atoms with Gasteiger partial charge in [-0.1, -0.05) is 0 Å². The van der Waals surface area contributed by atoms with Gasteiger partial charge in [-0.15, -0.1) is 0 Å². The molecule has 8 heteroatoms. The van der Waals surface area contributed by atoms with Crippen LogP contribution < -0.4 is 4.72 Å². The number of rotatable bonds is 6. The molecule has 0 unspecified atom stereocenters. The van der Waals surface area contributed by atoms with Crippen molar-refractivity contribution in [2.75, 3.05) is 6.54 Å². The molecule has 2 rings (SSSR count). The van der Waals surface area contributed by atoms with Crippen LogP contribution in [-0.2, 0) is 16.4 Å². The third kappa shape index (κ3) is 3.93. The first kappa shape index (κ1) is 15.7. The first-order chi connectivity index (χ1) is 9.90. The summed E-state index contributed by atoms with van der Waals surface area (Å²) in [5, 5.41) is 8.92. The summed E-state index contributed by atoms with van der Waals surface area (Å²) in [5.74, 6) is -0.523. The molecular formula is C13H12BrNO5S. The van der Waals surface area contributed by atoms with E-state index in [1.807, 2.05) is 0 Å². The number of carboxylic acid groups (broad SMARTS) is 1. The molecule has 0 spiro atoms. The maximum atomic E-state index is 12.2. The summed E-state index contributed by atoms with van der Waals surface area (Å²) in [6, 6.07) is 7.30. The van der Waals surface area contributed by atoms with Gasteiger partial charge in [-0.05, 0) is 46.3 Å². The Balaban J connectivity index is 2.15. The average Bonchev–Trinajstić information content (AvgIpc) is 2.91. The normalized spacial score (nSPS) is 11.5. The Morgan fingerprint density at radius 2 is 2.10 bits per heavy atom. The van der Waals surface area contributed by atoms with Crippen LogP contribution in [0.2, 0.25) is 0 Å². The fourth-order valence-corrected chi connectivity index (χ4v) is 3.70. The van der Waals surface area contributed by atoms with Crippen LogP contribution in [0.5, 0.6) is 0 Å². The van der Waals surface area contributed by atoms with Gasteiger partial charge in [-0.3, -0.25) is 0 Å². The molecule has 112 valence electrons. The van der Waals surface area contributed by atoms with Gasteiger partial charge in [-0.2, -0.15) is 0 Å². The molecule has 1 aromatic carbocycles. The van der Waals surface area contributed by atoms with E-state index >= 15 is 0 Å². The average molecular weight is 374 g/mol. The van der Waals surface area contributed by atoms with E-state index in [0.717, 1.165) is 6.07 Å². The number of hydrogen-bond donors (Lipinski definition) is 2. The van der Waals surface area contributed by atoms with E-state index in [0.29, 0.717) is 16.7 Å². The Hall–Kier alpha value is -1.64. The van der Waals surface area contributed by atoms with Crippen LogP contribution in [0, 0.1) is 0 Å². The summed E-state index contributed by atoms with van der Waals surface area (Å²) in [7, 11) is -3.80. The number of halogens is 1. The van der Waals surface area contributed by atoms with Crippen LogP contribution in [0.3, 0.4) is 0 Å². The molecule has 0 aliphatic heterocycles. The molecule has 0 aliphatic carbocycles. The molecule has 0 saturated heterocycles. The summed E-state index contributed by atoms with van der Waals surface area (Å²) in [6.07, 6.45) is 1.92. The van der Waals surface area contributed by atoms with Crippen LogP contribution in [0.4, 0.5) is 0 Å². The molecule has 6 nitrogen and oxygen atoms in total. The molecule has 1 heterocycles. The maximum absolute atomic E-state index is 12.2. The van der Waals surface area contributed by atoms with E-state index < -0.39 is 16.0 Å². The second-order valence-electron chi connectivity index (χ2n) is 4.18. The predicted molar refractivity (Wildman–Crippen MR) is 78.7 cm³/mol. The van der Waals surface area contributed by atoms with Crippen molar-refractivity contribution in [3.05, 3.63) is 52.4 Å². The van der Waals surface area contributed by atoms with Gasteiger partial charge >= 0.3 is 5.97 Å². The van der Waals surface area contributed by atoms with Crippen molar-refractivity contribution in [2.24, 2.45) is 0 Å². The minimum atomic E-state index is -3.80. The Labute approximate surface area is 130 Å². The van der Waals surface area contributed by atoms with Crippen molar-refractivity contribution in [3.63, 3.8) is 0 Å². The molecule has 0 aliphatic rings. The molecule has 0 atom stereocenters. The van der Waals surface area contributed by atoms with Crippen LogP contribution in [-0.4, -0.2) is 26.0 Å². The first-order valence-corrected chi connectivity index (χ1v) is 8.22. The van der Waals surface area contributed by atoms with Gasteiger partial charge in [0.1, 0.15) is 5.76 Å². The van der Waals surface area contributed by atoms with E-state index in [1.54, 1.807) is 12.1 Å². The van der Waals surface area contributed by atoms with Crippen molar-refractivity contribution < 1.29 is 22.7 Å². The second kappa shape index (κ2) is 6.42. The van der Waals surface area contributed by atoms with Crippen molar-refractivity contribution in [2.45, 2.75) is 11.3 Å². The molecule has 0 amide bonds. The Bertz CT molecular complexity index is 740. The molecule has 0 bridgehead atoms. The highest BCUT2D eigenvalue weighted by molar-refractivity contribution is 9.10. The fourth-order valence-electron chi connectivity index (χ4n) is 1.68. The highest BCUT2D eigenvalue weighted by atomic mass is 79.9. The topological polar surface area (TPSA) is 96.6 Å². The summed E-state index contributed by atoms with van der Waals surface area (Å²) in [6.45, 7) is 0.152. The minimum absolute atomic E-state index is 0.0930. The molecule has 2 N–H and O–H groups in total. The summed E-state index contributed by atoms with van der Waals surface area (Å²) < 4.78 is 32.2. The van der Waals surface area contributed by atoms with Gasteiger partial charge in [0.25, 0.3) is 0 Å². The van der Waals surface area contributed by atoms with Gasteiger partial charge < -0.3 is 9.52 Å². The number of hydrogen-bond acceptors (Lipinski definition) is 4. The third-order valence-corrected chi connectivity index (χ3v) is 5.17. The molecule has 2 aromatic rings. The van der Waals surface area contributed by atoms with Gasteiger partial charge in [0, 0.05) is 17.4 Å². The van der Waals surface area contributed by atoms with Crippen LogP contribution >= 0.6 is 15.9 Å². The van der Waals surface area contributed by atoms with E-state index in [1.165, 1.54) is 18.4 Å². The van der Waals surface area contributed by atoms with Crippen molar-refractivity contribution in [3.8, 4) is 0 Å². The number of carboxylic acids is 1. The molecule has 0 radical (unpaired) electrons. The zero-order valence-electron chi connectivity index (χ0n) is 10.7. The number of carbonyl (C=O) groups is 1. The Morgan fingerprint density at radius 1 is 1.33 bits per heavy atom. The van der Waals surface area contributed by atoms with Gasteiger partial charge in [0.15, 0.2) is 0 Å². The van der Waals surface area contributed by atoms with Gasteiger partial charge in [-0.25, -0.2) is 17.9 Å². The number of sulfonamides is 1. The Morgan fingerprint density at radius 3 is 2.71 bits per heavy atom. The van der Waals surface area contributed by atoms with Gasteiger partial charge in [0.2, 0.25) is 10.0 Å². The quantitative estimate of drug-likeness (QED) is 0.809. The maximum Gasteiger partial charge on any atom is 0.335 e. The predicted octanol–water partition coefficient (Wildman–Crippen LogP) is 2.26. The van der Waals surface area contributed by atoms with E-state index in [9.17, 15) is 13.2 Å². The summed E-state index contributed by atoms with van der Waals surface area (Å²) in [5.41, 5.74) is -0.0930. The standard InChI is InChI=1S/C13H12BrNO5S/c14-11-4-3-9(13(16)17)8-12(11)21(18,19)15-6-5-10-2-1-7-20-10/h1-4,7-8,15H,5-6H2,(H,16,17). The molecule has 0 saturated carbocycles. The lowest BCUT2D eigenvalue weighted by molar-refractivity contribution is 0.0696. The molecule has 0 fully saturated rings. The molecule has 21 heavy (non-hydrogen) atoms. The summed E-state index contributed by atoms with van der Waals surface area (Å²) in [4.78, 5) is 10.8. The van der Waals surface area contributed by atoms with Crippen LogP contribution in [0.1, 0.15) is 16.1 Å². The van der Waals surface area contributed by atoms with E-state index in [2.05, 4.69) is 20.7 Å². The Kier molecular flexibility index (Phi) is 4.81. The lowest BCUT2D eigenvalue weighted by Crippen LogP contribution is -2.26. The monoisotopic (exact) mass is 373 g/mol.